The van der Waals surface area contributed by atoms with E-state index in [-0.39, 0.29) is 51.0 Å². The van der Waals surface area contributed by atoms with Crippen LogP contribution in [0, 0.1) is 5.92 Å². The van der Waals surface area contributed by atoms with Gasteiger partial charge in [0.1, 0.15) is 0 Å². The van der Waals surface area contributed by atoms with Crippen LogP contribution in [0.25, 0.3) is 0 Å². The van der Waals surface area contributed by atoms with E-state index < -0.39 is 0 Å². The summed E-state index contributed by atoms with van der Waals surface area (Å²) < 4.78 is 0. The van der Waals surface area contributed by atoms with Crippen molar-refractivity contribution in [3.63, 3.8) is 0 Å². The second-order valence-corrected chi connectivity index (χ2v) is 4.42. The van der Waals surface area contributed by atoms with Gasteiger partial charge in [0.2, 0.25) is 0 Å². The fraction of sp³-hybridized carbons (Fsp3) is 0.556. The molecule has 1 rings (SSSR count). The van der Waals surface area contributed by atoms with E-state index in [0.29, 0.717) is 0 Å². The summed E-state index contributed by atoms with van der Waals surface area (Å²) in [4.78, 5) is 0. The minimum absolute atomic E-state index is 0. The van der Waals surface area contributed by atoms with E-state index in [0.717, 1.165) is 5.92 Å². The molecule has 0 fully saturated rings. The van der Waals surface area contributed by atoms with E-state index in [9.17, 15) is 0 Å². The average molecular weight is 316 g/mol. The zero-order chi connectivity index (χ0) is 7.89. The summed E-state index contributed by atoms with van der Waals surface area (Å²) in [6.45, 7) is 9.07. The van der Waals surface area contributed by atoms with Crippen LogP contribution in [0.2, 0.25) is 0 Å². The van der Waals surface area contributed by atoms with Crippen LogP contribution in [-0.2, 0) is 26.2 Å². The molecule has 0 N–H and O–H groups in total. The largest absolute Gasteiger partial charge is 0.147 e. The van der Waals surface area contributed by atoms with Crippen LogP contribution in [0.5, 0.6) is 0 Å². The van der Waals surface area contributed by atoms with Crippen molar-refractivity contribution in [2.45, 2.75) is 27.7 Å². The fourth-order valence-corrected chi connectivity index (χ4v) is 2.37. The van der Waals surface area contributed by atoms with E-state index in [1.165, 1.54) is 15.8 Å². The van der Waals surface area contributed by atoms with E-state index in [4.69, 9.17) is 0 Å². The molecule has 13 heavy (non-hydrogen) atoms. The maximum absolute atomic E-state index is 2.32. The van der Waals surface area contributed by atoms with Gasteiger partial charge in [0, 0.05) is 36.4 Å². The number of rotatable bonds is 0. The van der Waals surface area contributed by atoms with Crippen molar-refractivity contribution >= 4 is 35.1 Å². The topological polar surface area (TPSA) is 0 Å². The first-order valence-electron chi connectivity index (χ1n) is 3.90. The Labute approximate surface area is 116 Å². The Kier molecular flexibility index (Phi) is 11.3. The number of hydrogen-bond donors (Lipinski definition) is 0. The van der Waals surface area contributed by atoms with Crippen molar-refractivity contribution in [1.82, 2.24) is 0 Å². The van der Waals surface area contributed by atoms with E-state index in [1.54, 1.807) is 16.3 Å². The van der Waals surface area contributed by atoms with Gasteiger partial charge >= 0.3 is 0 Å². The molecular weight excluding hydrogens is 298 g/mol. The third-order valence-corrected chi connectivity index (χ3v) is 4.66. The van der Waals surface area contributed by atoms with Gasteiger partial charge in [0.15, 0.2) is 0 Å². The smallest absolute Gasteiger partial charge is 0.0344 e. The molecule has 0 radical (unpaired) electrons. The second-order valence-electron chi connectivity index (χ2n) is 3.34. The molecule has 0 aromatic carbocycles. The van der Waals surface area contributed by atoms with Gasteiger partial charge in [0.25, 0.3) is 0 Å². The third-order valence-electron chi connectivity index (χ3n) is 3.04. The summed E-state index contributed by atoms with van der Waals surface area (Å²) in [5.41, 5.74) is 4.69. The fourth-order valence-electron chi connectivity index (χ4n) is 1.57. The molecule has 0 aliphatic heterocycles. The van der Waals surface area contributed by atoms with E-state index in [1.807, 2.05) is 0 Å². The summed E-state index contributed by atoms with van der Waals surface area (Å²) in [5.74, 6) is 0.756. The Morgan fingerprint density at radius 2 is 1.38 bits per heavy atom. The monoisotopic (exact) mass is 314 g/mol. The molecule has 4 heteroatoms. The maximum Gasteiger partial charge on any atom is 0.0344 e. The normalized spacial score (nSPS) is 20.8. The summed E-state index contributed by atoms with van der Waals surface area (Å²) in [6.07, 6.45) is 0. The zero-order valence-electron chi connectivity index (χ0n) is 8.89. The van der Waals surface area contributed by atoms with Gasteiger partial charge in [-0.05, 0) is 32.3 Å². The molecular formula is C9H18Cl2SiZr. The molecule has 0 saturated heterocycles. The molecule has 1 unspecified atom stereocenters. The molecule has 1 aliphatic carbocycles. The first kappa shape index (κ1) is 19.7. The zero-order valence-corrected chi connectivity index (χ0v) is 15.0. The molecule has 0 amide bonds. The van der Waals surface area contributed by atoms with Crippen LogP contribution in [0.4, 0.5) is 0 Å². The first-order valence-corrected chi connectivity index (χ1v) is 4.90. The molecule has 0 aromatic rings. The summed E-state index contributed by atoms with van der Waals surface area (Å²) in [6, 6.07) is 0. The Morgan fingerprint density at radius 1 is 1.00 bits per heavy atom. The first-order chi connectivity index (χ1) is 4.55. The van der Waals surface area contributed by atoms with Gasteiger partial charge in [-0.1, -0.05) is 23.3 Å². The van der Waals surface area contributed by atoms with Gasteiger partial charge in [-0.2, -0.15) is 0 Å². The summed E-state index contributed by atoms with van der Waals surface area (Å²) >= 11 is 0. The molecule has 0 spiro atoms. The number of halogens is 2. The van der Waals surface area contributed by atoms with Crippen molar-refractivity contribution in [1.29, 1.82) is 0 Å². The van der Waals surface area contributed by atoms with Crippen molar-refractivity contribution in [3.8, 4) is 0 Å². The quantitative estimate of drug-likeness (QED) is 0.602. The molecule has 0 nitrogen and oxygen atoms in total. The van der Waals surface area contributed by atoms with Gasteiger partial charge in [0.05, 0.1) is 0 Å². The van der Waals surface area contributed by atoms with Crippen LogP contribution >= 0.6 is 24.8 Å². The Morgan fingerprint density at radius 3 is 1.46 bits per heavy atom. The molecule has 1 aliphatic rings. The van der Waals surface area contributed by atoms with Gasteiger partial charge < -0.3 is 0 Å². The molecule has 0 aromatic heterocycles. The molecule has 76 valence electrons. The SMILES string of the molecule is CC1=C(C)C(C)C([SiH3])=C1C.Cl.Cl.[Zr]. The Bertz CT molecular complexity index is 210. The molecule has 0 saturated carbocycles. The Hall–Kier alpha value is 1.16. The van der Waals surface area contributed by atoms with Crippen molar-refractivity contribution in [3.05, 3.63) is 21.9 Å². The maximum atomic E-state index is 2.32. The molecule has 0 heterocycles. The minimum Gasteiger partial charge on any atom is -0.147 e. The third kappa shape index (κ3) is 3.66. The number of allylic oxidation sites excluding steroid dienone is 4. The van der Waals surface area contributed by atoms with Crippen molar-refractivity contribution < 1.29 is 26.2 Å². The van der Waals surface area contributed by atoms with Crippen LogP contribution in [0.3, 0.4) is 0 Å². The van der Waals surface area contributed by atoms with E-state index >= 15 is 0 Å². The van der Waals surface area contributed by atoms with Gasteiger partial charge in [-0.15, -0.1) is 24.8 Å². The Balaban J connectivity index is -0.000000333. The summed E-state index contributed by atoms with van der Waals surface area (Å²) in [7, 11) is 1.23. The summed E-state index contributed by atoms with van der Waals surface area (Å²) in [5, 5.41) is 1.69. The van der Waals surface area contributed by atoms with Gasteiger partial charge in [-0.3, -0.25) is 0 Å². The van der Waals surface area contributed by atoms with Crippen LogP contribution in [-0.4, -0.2) is 10.2 Å². The van der Waals surface area contributed by atoms with Crippen molar-refractivity contribution in [2.24, 2.45) is 5.92 Å². The minimum atomic E-state index is 0. The molecule has 1 atom stereocenters. The second kappa shape index (κ2) is 7.45. The predicted octanol–water partition coefficient (Wildman–Crippen LogP) is 2.45. The standard InChI is InChI=1S/C9H16Si.2ClH.Zr/c1-5-6(2)8(4)9(10)7(5)3;;;/h7H,1-4,10H3;2*1H;. The van der Waals surface area contributed by atoms with Crippen molar-refractivity contribution in [2.75, 3.05) is 0 Å². The van der Waals surface area contributed by atoms with Crippen LogP contribution < -0.4 is 0 Å². The van der Waals surface area contributed by atoms with E-state index in [2.05, 4.69) is 27.7 Å². The van der Waals surface area contributed by atoms with Crippen LogP contribution in [0.15, 0.2) is 21.9 Å². The number of hydrogen-bond acceptors (Lipinski definition) is 0. The average Bonchev–Trinajstić information content (AvgIpc) is 2.07. The predicted molar refractivity (Wildman–Crippen MR) is 64.7 cm³/mol. The van der Waals surface area contributed by atoms with Gasteiger partial charge in [-0.25, -0.2) is 0 Å². The van der Waals surface area contributed by atoms with Crippen LogP contribution in [0.1, 0.15) is 27.7 Å². The molecule has 0 bridgehead atoms.